The number of carbonyl (C=O) groups is 3. The molecule has 2 rings (SSSR count). The van der Waals surface area contributed by atoms with Gasteiger partial charge in [-0.05, 0) is 24.6 Å². The first-order chi connectivity index (χ1) is 9.51. The number of rotatable bonds is 3. The summed E-state index contributed by atoms with van der Waals surface area (Å²) in [4.78, 5) is 34.7. The number of hydrogen-bond donors (Lipinski definition) is 2. The van der Waals surface area contributed by atoms with Crippen molar-refractivity contribution in [2.24, 2.45) is 0 Å². The van der Waals surface area contributed by atoms with E-state index < -0.39 is 17.9 Å². The summed E-state index contributed by atoms with van der Waals surface area (Å²) in [7, 11) is 1.43. The van der Waals surface area contributed by atoms with Gasteiger partial charge in [0.2, 0.25) is 11.8 Å². The molecule has 3 amide bonds. The molecule has 1 aliphatic heterocycles. The van der Waals surface area contributed by atoms with Crippen LogP contribution in [0.3, 0.4) is 0 Å². The highest BCUT2D eigenvalue weighted by molar-refractivity contribution is 6.30. The summed E-state index contributed by atoms with van der Waals surface area (Å²) in [6, 6.07) is 3.87. The van der Waals surface area contributed by atoms with Crippen molar-refractivity contribution < 1.29 is 19.1 Å². The van der Waals surface area contributed by atoms with E-state index in [0.717, 1.165) is 0 Å². The summed E-state index contributed by atoms with van der Waals surface area (Å²) in [5.41, 5.74) is 0.279. The zero-order chi connectivity index (χ0) is 14.7. The fraction of sp³-hybridized carbons (Fsp3) is 0.308. The van der Waals surface area contributed by atoms with Crippen molar-refractivity contribution in [1.29, 1.82) is 0 Å². The van der Waals surface area contributed by atoms with Gasteiger partial charge in [-0.25, -0.2) is 0 Å². The Balaban J connectivity index is 2.12. The highest BCUT2D eigenvalue weighted by Gasteiger charge is 2.28. The van der Waals surface area contributed by atoms with Crippen molar-refractivity contribution in [2.75, 3.05) is 7.11 Å². The lowest BCUT2D eigenvalue weighted by molar-refractivity contribution is -0.134. The van der Waals surface area contributed by atoms with Crippen molar-refractivity contribution in [3.05, 3.63) is 28.8 Å². The molecule has 1 aromatic carbocycles. The molecule has 1 aliphatic rings. The van der Waals surface area contributed by atoms with Gasteiger partial charge in [-0.1, -0.05) is 11.6 Å². The van der Waals surface area contributed by atoms with Crippen LogP contribution in [0.15, 0.2) is 18.2 Å². The van der Waals surface area contributed by atoms with Gasteiger partial charge in [0.15, 0.2) is 0 Å². The number of methoxy groups -OCH3 is 1. The van der Waals surface area contributed by atoms with Crippen LogP contribution in [0.2, 0.25) is 5.02 Å². The molecule has 1 aromatic rings. The van der Waals surface area contributed by atoms with Gasteiger partial charge in [-0.3, -0.25) is 19.7 Å². The summed E-state index contributed by atoms with van der Waals surface area (Å²) in [5, 5.41) is 5.20. The molecule has 20 heavy (non-hydrogen) atoms. The molecular weight excluding hydrogens is 284 g/mol. The van der Waals surface area contributed by atoms with Crippen LogP contribution in [0.1, 0.15) is 23.2 Å². The fourth-order valence-electron chi connectivity index (χ4n) is 1.92. The number of amides is 3. The second-order valence-corrected chi connectivity index (χ2v) is 4.76. The molecule has 2 N–H and O–H groups in total. The quantitative estimate of drug-likeness (QED) is 0.811. The van der Waals surface area contributed by atoms with Gasteiger partial charge in [0.25, 0.3) is 5.91 Å². The molecule has 0 radical (unpaired) electrons. The lowest BCUT2D eigenvalue weighted by atomic mass is 10.1. The van der Waals surface area contributed by atoms with Crippen molar-refractivity contribution in [1.82, 2.24) is 10.6 Å². The highest BCUT2D eigenvalue weighted by Crippen LogP contribution is 2.23. The van der Waals surface area contributed by atoms with Gasteiger partial charge >= 0.3 is 0 Å². The van der Waals surface area contributed by atoms with Crippen LogP contribution in [-0.2, 0) is 9.59 Å². The van der Waals surface area contributed by atoms with E-state index in [1.54, 1.807) is 6.07 Å². The smallest absolute Gasteiger partial charge is 0.255 e. The Morgan fingerprint density at radius 3 is 2.85 bits per heavy atom. The summed E-state index contributed by atoms with van der Waals surface area (Å²) < 4.78 is 5.08. The van der Waals surface area contributed by atoms with Crippen LogP contribution >= 0.6 is 11.6 Å². The maximum absolute atomic E-state index is 12.1. The van der Waals surface area contributed by atoms with Gasteiger partial charge in [0, 0.05) is 11.4 Å². The largest absolute Gasteiger partial charge is 0.496 e. The summed E-state index contributed by atoms with van der Waals surface area (Å²) in [6.07, 6.45) is 0.487. The monoisotopic (exact) mass is 296 g/mol. The van der Waals surface area contributed by atoms with Gasteiger partial charge in [-0.15, -0.1) is 0 Å². The highest BCUT2D eigenvalue weighted by atomic mass is 35.5. The molecule has 0 saturated carbocycles. The molecule has 1 heterocycles. The van der Waals surface area contributed by atoms with Crippen LogP contribution in [0, 0.1) is 0 Å². The third-order valence-corrected chi connectivity index (χ3v) is 3.19. The maximum atomic E-state index is 12.1. The van der Waals surface area contributed by atoms with E-state index >= 15 is 0 Å². The molecule has 7 heteroatoms. The summed E-state index contributed by atoms with van der Waals surface area (Å²) >= 11 is 5.82. The Hall–Kier alpha value is -2.08. The molecule has 0 spiro atoms. The van der Waals surface area contributed by atoms with E-state index in [9.17, 15) is 14.4 Å². The first-order valence-electron chi connectivity index (χ1n) is 5.99. The molecule has 6 nitrogen and oxygen atoms in total. The number of benzene rings is 1. The molecule has 106 valence electrons. The molecule has 1 atom stereocenters. The van der Waals surface area contributed by atoms with Crippen LogP contribution in [-0.4, -0.2) is 30.9 Å². The number of hydrogen-bond acceptors (Lipinski definition) is 4. The molecular formula is C13H13ClN2O4. The fourth-order valence-corrected chi connectivity index (χ4v) is 2.08. The van der Waals surface area contributed by atoms with Gasteiger partial charge in [0.1, 0.15) is 11.8 Å². The Morgan fingerprint density at radius 1 is 1.45 bits per heavy atom. The van der Waals surface area contributed by atoms with Crippen molar-refractivity contribution in [2.45, 2.75) is 18.9 Å². The average Bonchev–Trinajstić information content (AvgIpc) is 2.41. The van der Waals surface area contributed by atoms with Crippen molar-refractivity contribution in [3.8, 4) is 5.75 Å². The van der Waals surface area contributed by atoms with Crippen molar-refractivity contribution >= 4 is 29.3 Å². The van der Waals surface area contributed by atoms with Gasteiger partial charge < -0.3 is 10.1 Å². The van der Waals surface area contributed by atoms with E-state index in [0.29, 0.717) is 10.8 Å². The van der Waals surface area contributed by atoms with Gasteiger partial charge in [-0.2, -0.15) is 0 Å². The van der Waals surface area contributed by atoms with Gasteiger partial charge in [0.05, 0.1) is 12.7 Å². The van der Waals surface area contributed by atoms with Crippen molar-refractivity contribution in [3.63, 3.8) is 0 Å². The number of piperidine rings is 1. The predicted octanol–water partition coefficient (Wildman–Crippen LogP) is 0.884. The minimum atomic E-state index is -0.722. The topological polar surface area (TPSA) is 84.5 Å². The summed E-state index contributed by atoms with van der Waals surface area (Å²) in [6.45, 7) is 0. The summed E-state index contributed by atoms with van der Waals surface area (Å²) in [5.74, 6) is -0.956. The Bertz CT molecular complexity index is 573. The number of nitrogens with one attached hydrogen (secondary N) is 2. The minimum Gasteiger partial charge on any atom is -0.496 e. The average molecular weight is 297 g/mol. The van der Waals surface area contributed by atoms with E-state index in [-0.39, 0.29) is 24.3 Å². The second kappa shape index (κ2) is 5.92. The van der Waals surface area contributed by atoms with Crippen LogP contribution in [0.5, 0.6) is 5.75 Å². The molecule has 0 aromatic heterocycles. The third-order valence-electron chi connectivity index (χ3n) is 2.95. The molecule has 0 bridgehead atoms. The Labute approximate surface area is 120 Å². The molecule has 1 fully saturated rings. The Morgan fingerprint density at radius 2 is 2.20 bits per heavy atom. The Kier molecular flexibility index (Phi) is 4.24. The predicted molar refractivity (Wildman–Crippen MR) is 71.6 cm³/mol. The standard InChI is InChI=1S/C13H13ClN2O4/c1-20-10-6-7(14)2-3-8(10)12(18)15-9-4-5-11(17)16-13(9)19/h2-3,6,9H,4-5H2,1H3,(H,15,18)(H,16,17,19). The molecule has 1 unspecified atom stereocenters. The van der Waals surface area contributed by atoms with E-state index in [1.807, 2.05) is 0 Å². The number of imide groups is 1. The number of ether oxygens (including phenoxy) is 1. The molecule has 1 saturated heterocycles. The van der Waals surface area contributed by atoms with E-state index in [1.165, 1.54) is 19.2 Å². The third kappa shape index (κ3) is 3.08. The minimum absolute atomic E-state index is 0.203. The first-order valence-corrected chi connectivity index (χ1v) is 6.37. The first kappa shape index (κ1) is 14.3. The maximum Gasteiger partial charge on any atom is 0.255 e. The molecule has 0 aliphatic carbocycles. The zero-order valence-corrected chi connectivity index (χ0v) is 11.5. The van der Waals surface area contributed by atoms with Crippen LogP contribution < -0.4 is 15.4 Å². The SMILES string of the molecule is COc1cc(Cl)ccc1C(=O)NC1CCC(=O)NC1=O. The second-order valence-electron chi connectivity index (χ2n) is 4.32. The lowest BCUT2D eigenvalue weighted by Gasteiger charge is -2.22. The number of carbonyl (C=O) groups excluding carboxylic acids is 3. The van der Waals surface area contributed by atoms with Crippen LogP contribution in [0.25, 0.3) is 0 Å². The van der Waals surface area contributed by atoms with Crippen LogP contribution in [0.4, 0.5) is 0 Å². The zero-order valence-electron chi connectivity index (χ0n) is 10.7. The normalized spacial score (nSPS) is 18.4. The van der Waals surface area contributed by atoms with E-state index in [2.05, 4.69) is 10.6 Å². The van der Waals surface area contributed by atoms with E-state index in [4.69, 9.17) is 16.3 Å². The lowest BCUT2D eigenvalue weighted by Crippen LogP contribution is -2.52. The number of halogens is 1.